The molecule has 0 aliphatic heterocycles. The van der Waals surface area contributed by atoms with E-state index >= 15 is 0 Å². The first-order valence-corrected chi connectivity index (χ1v) is 5.94. The third kappa shape index (κ3) is 4.28. The van der Waals surface area contributed by atoms with Crippen LogP contribution in [0, 0.1) is 0 Å². The smallest absolute Gasteiger partial charge is 0.421 e. The molecule has 1 amide bonds. The summed E-state index contributed by atoms with van der Waals surface area (Å²) in [5, 5.41) is 0. The van der Waals surface area contributed by atoms with E-state index in [4.69, 9.17) is 0 Å². The van der Waals surface area contributed by atoms with Gasteiger partial charge in [-0.1, -0.05) is 0 Å². The fourth-order valence-corrected chi connectivity index (χ4v) is 1.54. The maximum Gasteiger partial charge on any atom is 0.421 e. The number of amides is 1. The number of nitrogens with zero attached hydrogens (tertiary/aromatic N) is 1. The number of nitrogens with one attached hydrogen (secondary N) is 3. The van der Waals surface area contributed by atoms with Gasteiger partial charge in [0.05, 0.1) is 13.2 Å². The highest BCUT2D eigenvalue weighted by Crippen LogP contribution is 1.89. The van der Waals surface area contributed by atoms with Crippen molar-refractivity contribution in [1.29, 1.82) is 0 Å². The van der Waals surface area contributed by atoms with Crippen LogP contribution in [0.5, 0.6) is 0 Å². The van der Waals surface area contributed by atoms with Crippen molar-refractivity contribution in [3.63, 3.8) is 0 Å². The molecular weight excluding hydrogens is 236 g/mol. The Labute approximate surface area is 92.6 Å². The van der Waals surface area contributed by atoms with Gasteiger partial charge in [-0.2, -0.15) is 13.1 Å². The molecule has 0 unspecified atom stereocenters. The first kappa shape index (κ1) is 12.5. The predicted octanol–water partition coefficient (Wildman–Crippen LogP) is -0.510. The summed E-state index contributed by atoms with van der Waals surface area (Å²) < 4.78 is 30.7. The van der Waals surface area contributed by atoms with Gasteiger partial charge in [-0.05, 0) is 6.92 Å². The number of aromatic nitrogens is 2. The molecule has 16 heavy (non-hydrogen) atoms. The van der Waals surface area contributed by atoms with Crippen LogP contribution in [0.4, 0.5) is 4.79 Å². The van der Waals surface area contributed by atoms with E-state index in [0.717, 1.165) is 0 Å². The topological polar surface area (TPSA) is 113 Å². The number of ether oxygens (including phenoxy) is 1. The summed E-state index contributed by atoms with van der Waals surface area (Å²) in [4.78, 5) is 17.4. The molecular formula is C7H12N4O4S. The summed E-state index contributed by atoms with van der Waals surface area (Å²) in [6.07, 6.45) is 2.03. The maximum atomic E-state index is 11.2. The Morgan fingerprint density at radius 1 is 1.62 bits per heavy atom. The molecule has 3 N–H and O–H groups in total. The summed E-state index contributed by atoms with van der Waals surface area (Å²) in [6.45, 7) is 1.63. The normalized spacial score (nSPS) is 11.1. The Kier molecular flexibility index (Phi) is 4.26. The highest BCUT2D eigenvalue weighted by Gasteiger charge is 2.14. The van der Waals surface area contributed by atoms with Crippen molar-refractivity contribution in [2.24, 2.45) is 0 Å². The first-order chi connectivity index (χ1) is 7.53. The fraction of sp³-hybridized carbons (Fsp3) is 0.429. The van der Waals surface area contributed by atoms with Crippen molar-refractivity contribution < 1.29 is 17.9 Å². The Bertz CT molecular complexity index is 427. The van der Waals surface area contributed by atoms with E-state index in [1.165, 1.54) is 6.20 Å². The molecule has 0 aliphatic rings. The summed E-state index contributed by atoms with van der Waals surface area (Å²) >= 11 is 0. The van der Waals surface area contributed by atoms with Gasteiger partial charge in [-0.3, -0.25) is 0 Å². The number of carbonyl (C=O) groups excluding carboxylic acids is 1. The molecule has 0 aromatic carbocycles. The molecule has 0 bridgehead atoms. The van der Waals surface area contributed by atoms with Gasteiger partial charge in [0, 0.05) is 12.4 Å². The predicted molar refractivity (Wildman–Crippen MR) is 54.5 cm³/mol. The number of imidazole rings is 1. The zero-order chi connectivity index (χ0) is 12.0. The summed E-state index contributed by atoms with van der Waals surface area (Å²) in [6, 6.07) is 0. The molecule has 9 heteroatoms. The third-order valence-electron chi connectivity index (χ3n) is 1.48. The van der Waals surface area contributed by atoms with Gasteiger partial charge in [0.2, 0.25) is 0 Å². The molecule has 0 radical (unpaired) electrons. The van der Waals surface area contributed by atoms with Crippen molar-refractivity contribution in [2.45, 2.75) is 13.5 Å². The van der Waals surface area contributed by atoms with Crippen molar-refractivity contribution in [3.05, 3.63) is 18.2 Å². The van der Waals surface area contributed by atoms with E-state index < -0.39 is 16.3 Å². The highest BCUT2D eigenvalue weighted by atomic mass is 32.2. The van der Waals surface area contributed by atoms with Crippen LogP contribution in [-0.2, 0) is 21.5 Å². The average molecular weight is 248 g/mol. The van der Waals surface area contributed by atoms with E-state index in [2.05, 4.69) is 19.4 Å². The van der Waals surface area contributed by atoms with E-state index in [9.17, 15) is 13.2 Å². The number of H-pyrrole nitrogens is 1. The first-order valence-electron chi connectivity index (χ1n) is 4.46. The van der Waals surface area contributed by atoms with Crippen LogP contribution in [0.3, 0.4) is 0 Å². The third-order valence-corrected chi connectivity index (χ3v) is 2.44. The SMILES string of the molecule is CCOC(=O)NS(=O)(=O)NCc1ncc[nH]1. The maximum absolute atomic E-state index is 11.2. The van der Waals surface area contributed by atoms with Gasteiger partial charge in [-0.25, -0.2) is 14.5 Å². The molecule has 0 aliphatic carbocycles. The summed E-state index contributed by atoms with van der Waals surface area (Å²) in [7, 11) is -3.91. The molecule has 90 valence electrons. The highest BCUT2D eigenvalue weighted by molar-refractivity contribution is 7.88. The molecule has 8 nitrogen and oxygen atoms in total. The van der Waals surface area contributed by atoms with Crippen molar-refractivity contribution >= 4 is 16.3 Å². The molecule has 0 atom stereocenters. The van der Waals surface area contributed by atoms with E-state index in [-0.39, 0.29) is 13.2 Å². The van der Waals surface area contributed by atoms with Gasteiger partial charge in [-0.15, -0.1) is 0 Å². The number of rotatable bonds is 5. The van der Waals surface area contributed by atoms with Crippen molar-refractivity contribution in [1.82, 2.24) is 19.4 Å². The van der Waals surface area contributed by atoms with Gasteiger partial charge in [0.25, 0.3) is 0 Å². The number of hydrogen-bond donors (Lipinski definition) is 3. The lowest BCUT2D eigenvalue weighted by molar-refractivity contribution is 0.158. The quantitative estimate of drug-likeness (QED) is 0.649. The molecule has 1 aromatic rings. The minimum atomic E-state index is -3.91. The van der Waals surface area contributed by atoms with Crippen LogP contribution in [0.25, 0.3) is 0 Å². The van der Waals surface area contributed by atoms with Crippen LogP contribution >= 0.6 is 0 Å². The van der Waals surface area contributed by atoms with Crippen molar-refractivity contribution in [3.8, 4) is 0 Å². The Morgan fingerprint density at radius 3 is 2.94 bits per heavy atom. The van der Waals surface area contributed by atoms with Gasteiger partial charge >= 0.3 is 16.3 Å². The average Bonchev–Trinajstić information content (AvgIpc) is 2.66. The Hall–Kier alpha value is -1.61. The molecule has 1 heterocycles. The van der Waals surface area contributed by atoms with E-state index in [1.807, 2.05) is 0 Å². The van der Waals surface area contributed by atoms with Crippen LogP contribution in [-0.4, -0.2) is 31.1 Å². The molecule has 0 spiro atoms. The van der Waals surface area contributed by atoms with Crippen LogP contribution < -0.4 is 9.44 Å². The van der Waals surface area contributed by atoms with Crippen LogP contribution in [0.15, 0.2) is 12.4 Å². The molecule has 0 saturated heterocycles. The second kappa shape index (κ2) is 5.47. The lowest BCUT2D eigenvalue weighted by Gasteiger charge is -2.06. The van der Waals surface area contributed by atoms with Gasteiger partial charge < -0.3 is 9.72 Å². The van der Waals surface area contributed by atoms with Crippen LogP contribution in [0.1, 0.15) is 12.7 Å². The molecule has 1 rings (SSSR count). The lowest BCUT2D eigenvalue weighted by atomic mass is 10.6. The largest absolute Gasteiger partial charge is 0.449 e. The zero-order valence-corrected chi connectivity index (χ0v) is 9.37. The summed E-state index contributed by atoms with van der Waals surface area (Å²) in [5.74, 6) is 0.439. The van der Waals surface area contributed by atoms with E-state index in [1.54, 1.807) is 17.8 Å². The number of carbonyl (C=O) groups is 1. The Morgan fingerprint density at radius 2 is 2.38 bits per heavy atom. The fourth-order valence-electron chi connectivity index (χ4n) is 0.864. The minimum Gasteiger partial charge on any atom is -0.449 e. The molecule has 0 fully saturated rings. The van der Waals surface area contributed by atoms with Crippen LogP contribution in [0.2, 0.25) is 0 Å². The zero-order valence-electron chi connectivity index (χ0n) is 8.56. The molecule has 0 saturated carbocycles. The van der Waals surface area contributed by atoms with Gasteiger partial charge in [0.1, 0.15) is 5.82 Å². The Balaban J connectivity index is 2.43. The second-order valence-electron chi connectivity index (χ2n) is 2.68. The molecule has 1 aromatic heterocycles. The van der Waals surface area contributed by atoms with Gasteiger partial charge in [0.15, 0.2) is 0 Å². The standard InChI is InChI=1S/C7H12N4O4S/c1-2-15-7(12)11-16(13,14)10-5-6-8-3-4-9-6/h3-4,10H,2,5H2,1H3,(H,8,9)(H,11,12). The second-order valence-corrected chi connectivity index (χ2v) is 4.18. The lowest BCUT2D eigenvalue weighted by Crippen LogP contribution is -2.40. The van der Waals surface area contributed by atoms with Crippen molar-refractivity contribution in [2.75, 3.05) is 6.61 Å². The number of hydrogen-bond acceptors (Lipinski definition) is 5. The monoisotopic (exact) mass is 248 g/mol. The number of aromatic amines is 1. The summed E-state index contributed by atoms with van der Waals surface area (Å²) in [5.41, 5.74) is 0. The minimum absolute atomic E-state index is 0.0399. The van der Waals surface area contributed by atoms with E-state index in [0.29, 0.717) is 5.82 Å².